The molecule has 3 N–H and O–H groups in total. The molecule has 1 saturated carbocycles. The highest BCUT2D eigenvalue weighted by Gasteiger charge is 2.55. The average molecular weight is 443 g/mol. The molecule has 2 fully saturated rings. The van der Waals surface area contributed by atoms with E-state index in [0.29, 0.717) is 31.4 Å². The number of anilines is 1. The Balaban J connectivity index is 1.42. The van der Waals surface area contributed by atoms with Crippen LogP contribution in [0, 0.1) is 29.3 Å². The standard InChI is InChI=1S/C24H24F3N3O2/c1-24(14-8-13(9-14)22(31)29-19-6-7-28-23(19)32)17-10-16(26)11-18(27)20(17)30-21(24)12-2-4-15(25)5-3-12/h2-5,10-11,13-14,19,21,30H,6-9H2,1H3,(H,28,32)(H,29,31)/t13?,14?,19-,21?,24?/m1/s1. The van der Waals surface area contributed by atoms with Gasteiger partial charge in [-0.15, -0.1) is 0 Å². The summed E-state index contributed by atoms with van der Waals surface area (Å²) in [6.45, 7) is 2.50. The largest absolute Gasteiger partial charge is 0.375 e. The molecule has 2 heterocycles. The third-order valence-electron chi connectivity index (χ3n) is 7.45. The van der Waals surface area contributed by atoms with E-state index in [1.54, 1.807) is 12.1 Å². The van der Waals surface area contributed by atoms with Gasteiger partial charge in [-0.05, 0) is 54.5 Å². The number of halogens is 3. The molecule has 5 nitrogen and oxygen atoms in total. The molecule has 0 spiro atoms. The summed E-state index contributed by atoms with van der Waals surface area (Å²) in [6, 6.07) is 7.29. The molecule has 2 aromatic carbocycles. The molecule has 3 aliphatic rings. The molecule has 0 radical (unpaired) electrons. The smallest absolute Gasteiger partial charge is 0.242 e. The van der Waals surface area contributed by atoms with Gasteiger partial charge in [0, 0.05) is 23.9 Å². The first kappa shape index (κ1) is 20.8. The second kappa shape index (κ2) is 7.53. The zero-order chi connectivity index (χ0) is 22.6. The van der Waals surface area contributed by atoms with Crippen LogP contribution >= 0.6 is 0 Å². The summed E-state index contributed by atoms with van der Waals surface area (Å²) in [7, 11) is 0. The highest BCUT2D eigenvalue weighted by Crippen LogP contribution is 2.59. The van der Waals surface area contributed by atoms with Crippen LogP contribution in [-0.4, -0.2) is 24.4 Å². The Morgan fingerprint density at radius 1 is 1.09 bits per heavy atom. The lowest BCUT2D eigenvalue weighted by molar-refractivity contribution is -0.133. The van der Waals surface area contributed by atoms with E-state index in [4.69, 9.17) is 0 Å². The van der Waals surface area contributed by atoms with Gasteiger partial charge in [-0.25, -0.2) is 13.2 Å². The molecule has 0 aromatic heterocycles. The highest BCUT2D eigenvalue weighted by atomic mass is 19.1. The molecule has 2 amide bonds. The lowest BCUT2D eigenvalue weighted by atomic mass is 9.56. The second-order valence-corrected chi connectivity index (χ2v) is 9.23. The summed E-state index contributed by atoms with van der Waals surface area (Å²) in [6.07, 6.45) is 1.64. The third kappa shape index (κ3) is 3.24. The van der Waals surface area contributed by atoms with Crippen LogP contribution in [-0.2, 0) is 15.0 Å². The van der Waals surface area contributed by atoms with Gasteiger partial charge in [0.2, 0.25) is 11.8 Å². The van der Waals surface area contributed by atoms with Gasteiger partial charge < -0.3 is 16.0 Å². The zero-order valence-corrected chi connectivity index (χ0v) is 17.6. The molecular formula is C24H24F3N3O2. The van der Waals surface area contributed by atoms with Gasteiger partial charge in [-0.2, -0.15) is 0 Å². The van der Waals surface area contributed by atoms with E-state index in [-0.39, 0.29) is 35.2 Å². The fourth-order valence-electron chi connectivity index (χ4n) is 5.48. The van der Waals surface area contributed by atoms with Crippen molar-refractivity contribution in [3.63, 3.8) is 0 Å². The number of rotatable bonds is 4. The van der Waals surface area contributed by atoms with Crippen molar-refractivity contribution in [1.29, 1.82) is 0 Å². The van der Waals surface area contributed by atoms with Gasteiger partial charge in [0.05, 0.1) is 11.7 Å². The van der Waals surface area contributed by atoms with Crippen LogP contribution in [0.1, 0.15) is 43.4 Å². The van der Waals surface area contributed by atoms with E-state index in [1.165, 1.54) is 18.2 Å². The van der Waals surface area contributed by atoms with Gasteiger partial charge in [0.1, 0.15) is 23.5 Å². The summed E-state index contributed by atoms with van der Waals surface area (Å²) in [5.74, 6) is -2.33. The van der Waals surface area contributed by atoms with E-state index in [0.717, 1.165) is 11.6 Å². The Kier molecular flexibility index (Phi) is 4.91. The number of benzene rings is 2. The monoisotopic (exact) mass is 443 g/mol. The fraction of sp³-hybridized carbons (Fsp3) is 0.417. The van der Waals surface area contributed by atoms with Gasteiger partial charge in [0.15, 0.2) is 0 Å². The van der Waals surface area contributed by atoms with Crippen LogP contribution in [0.3, 0.4) is 0 Å². The molecule has 168 valence electrons. The van der Waals surface area contributed by atoms with Crippen molar-refractivity contribution in [2.24, 2.45) is 11.8 Å². The molecule has 0 bridgehead atoms. The molecule has 2 aromatic rings. The molecule has 1 aliphatic carbocycles. The maximum Gasteiger partial charge on any atom is 0.242 e. The molecule has 5 rings (SSSR count). The van der Waals surface area contributed by atoms with E-state index in [1.807, 2.05) is 6.92 Å². The molecule has 32 heavy (non-hydrogen) atoms. The Morgan fingerprint density at radius 2 is 1.81 bits per heavy atom. The number of fused-ring (bicyclic) bond motifs is 1. The summed E-state index contributed by atoms with van der Waals surface area (Å²) in [5.41, 5.74) is 0.847. The van der Waals surface area contributed by atoms with Crippen molar-refractivity contribution in [2.75, 3.05) is 11.9 Å². The van der Waals surface area contributed by atoms with Crippen molar-refractivity contribution in [3.8, 4) is 0 Å². The lowest BCUT2D eigenvalue weighted by Crippen LogP contribution is -2.51. The number of carbonyl (C=O) groups is 2. The van der Waals surface area contributed by atoms with Gasteiger partial charge in [-0.1, -0.05) is 19.1 Å². The van der Waals surface area contributed by atoms with Crippen LogP contribution in [0.15, 0.2) is 36.4 Å². The summed E-state index contributed by atoms with van der Waals surface area (Å²) in [4.78, 5) is 24.4. The minimum absolute atomic E-state index is 0.0272. The van der Waals surface area contributed by atoms with Crippen LogP contribution in [0.5, 0.6) is 0 Å². The van der Waals surface area contributed by atoms with Gasteiger partial charge in [-0.3, -0.25) is 9.59 Å². The summed E-state index contributed by atoms with van der Waals surface area (Å²) in [5, 5.41) is 8.71. The quantitative estimate of drug-likeness (QED) is 0.677. The fourth-order valence-corrected chi connectivity index (χ4v) is 5.48. The van der Waals surface area contributed by atoms with Crippen LogP contribution < -0.4 is 16.0 Å². The number of hydrogen-bond donors (Lipinski definition) is 3. The minimum atomic E-state index is -0.697. The van der Waals surface area contributed by atoms with Crippen LogP contribution in [0.25, 0.3) is 0 Å². The molecule has 1 saturated heterocycles. The van der Waals surface area contributed by atoms with E-state index in [9.17, 15) is 22.8 Å². The maximum absolute atomic E-state index is 14.6. The van der Waals surface area contributed by atoms with Crippen LogP contribution in [0.2, 0.25) is 0 Å². The van der Waals surface area contributed by atoms with Gasteiger partial charge in [0.25, 0.3) is 0 Å². The summed E-state index contributed by atoms with van der Waals surface area (Å²) < 4.78 is 42.3. The van der Waals surface area contributed by atoms with Crippen molar-refractivity contribution in [3.05, 3.63) is 65.0 Å². The molecule has 3 atom stereocenters. The first-order chi connectivity index (χ1) is 15.3. The number of carbonyl (C=O) groups excluding carboxylic acids is 2. The topological polar surface area (TPSA) is 70.2 Å². The second-order valence-electron chi connectivity index (χ2n) is 9.23. The van der Waals surface area contributed by atoms with E-state index in [2.05, 4.69) is 16.0 Å². The predicted octanol–water partition coefficient (Wildman–Crippen LogP) is 3.56. The number of amides is 2. The Labute approximate surface area is 183 Å². The molecule has 2 aliphatic heterocycles. The van der Waals surface area contributed by atoms with Crippen molar-refractivity contribution < 1.29 is 22.8 Å². The Bertz CT molecular complexity index is 1080. The first-order valence-corrected chi connectivity index (χ1v) is 10.9. The summed E-state index contributed by atoms with van der Waals surface area (Å²) >= 11 is 0. The predicted molar refractivity (Wildman–Crippen MR) is 112 cm³/mol. The van der Waals surface area contributed by atoms with E-state index < -0.39 is 29.1 Å². The lowest BCUT2D eigenvalue weighted by Gasteiger charge is -2.48. The number of nitrogens with one attached hydrogen (secondary N) is 3. The van der Waals surface area contributed by atoms with Gasteiger partial charge >= 0.3 is 0 Å². The highest BCUT2D eigenvalue weighted by molar-refractivity contribution is 5.90. The molecule has 2 unspecified atom stereocenters. The zero-order valence-electron chi connectivity index (χ0n) is 17.6. The Hall–Kier alpha value is -3.03. The average Bonchev–Trinajstić information content (AvgIpc) is 3.23. The SMILES string of the molecule is CC1(C2CC(C(=O)N[C@@H]3CCNC3=O)C2)c2cc(F)cc(F)c2NC1c1ccc(F)cc1. The third-order valence-corrected chi connectivity index (χ3v) is 7.45. The number of hydrogen-bond acceptors (Lipinski definition) is 3. The normalized spacial score (nSPS) is 30.8. The molecular weight excluding hydrogens is 419 g/mol. The molecule has 8 heteroatoms. The maximum atomic E-state index is 14.6. The van der Waals surface area contributed by atoms with Crippen molar-refractivity contribution in [1.82, 2.24) is 10.6 Å². The van der Waals surface area contributed by atoms with Crippen molar-refractivity contribution >= 4 is 17.5 Å². The van der Waals surface area contributed by atoms with Crippen molar-refractivity contribution in [2.45, 2.75) is 43.7 Å². The Morgan fingerprint density at radius 3 is 2.47 bits per heavy atom. The van der Waals surface area contributed by atoms with E-state index >= 15 is 0 Å². The van der Waals surface area contributed by atoms with Crippen LogP contribution in [0.4, 0.5) is 18.9 Å². The minimum Gasteiger partial charge on any atom is -0.375 e. The first-order valence-electron chi connectivity index (χ1n) is 10.9.